The van der Waals surface area contributed by atoms with Gasteiger partial charge in [0.15, 0.2) is 11.5 Å². The Labute approximate surface area is 207 Å². The number of carbonyl (C=O) groups excluding carboxylic acids is 2. The maximum absolute atomic E-state index is 14.8. The van der Waals surface area contributed by atoms with E-state index in [2.05, 4.69) is 15.9 Å². The van der Waals surface area contributed by atoms with Gasteiger partial charge in [0, 0.05) is 16.9 Å². The van der Waals surface area contributed by atoms with E-state index >= 15 is 0 Å². The Kier molecular flexibility index (Phi) is 7.69. The van der Waals surface area contributed by atoms with Gasteiger partial charge < -0.3 is 18.8 Å². The van der Waals surface area contributed by atoms with Gasteiger partial charge in [-0.05, 0) is 47.8 Å². The van der Waals surface area contributed by atoms with Gasteiger partial charge in [-0.25, -0.2) is 0 Å². The summed E-state index contributed by atoms with van der Waals surface area (Å²) in [4.78, 5) is 28.3. The van der Waals surface area contributed by atoms with Crippen LogP contribution in [0.2, 0.25) is 0 Å². The molecule has 0 aliphatic heterocycles. The quantitative estimate of drug-likeness (QED) is 0.320. The smallest absolute Gasteiger partial charge is 0.249 e. The highest BCUT2D eigenvalue weighted by atomic mass is 79.9. The van der Waals surface area contributed by atoms with Gasteiger partial charge in [-0.2, -0.15) is 0 Å². The molecule has 0 saturated carbocycles. The van der Waals surface area contributed by atoms with Gasteiger partial charge in [0.2, 0.25) is 18.2 Å². The zero-order chi connectivity index (χ0) is 25.2. The third kappa shape index (κ3) is 4.30. The normalized spacial score (nSPS) is 12.6. The highest BCUT2D eigenvalue weighted by Crippen LogP contribution is 2.56. The molecule has 0 heterocycles. The van der Waals surface area contributed by atoms with Gasteiger partial charge in [0.25, 0.3) is 0 Å². The van der Waals surface area contributed by atoms with Gasteiger partial charge in [0.05, 0.1) is 25.8 Å². The number of carbonyl (C=O) groups is 2. The van der Waals surface area contributed by atoms with Gasteiger partial charge >= 0.3 is 0 Å². The lowest BCUT2D eigenvalue weighted by Gasteiger charge is -2.22. The standard InChI is InChI=1S/C26H26BrO6P/c1-15-12-16(2)21(17(3)13-15)25(28)34(30,18-10-8-7-9-11-18)26(29)22-23(32-5)19(27)14-20(31-4)24(22)33-6/h7-14H,1-6H3. The van der Waals surface area contributed by atoms with Crippen molar-refractivity contribution in [2.75, 3.05) is 21.3 Å². The summed E-state index contributed by atoms with van der Waals surface area (Å²) < 4.78 is 31.5. The Bertz CT molecular complexity index is 1290. The van der Waals surface area contributed by atoms with Gasteiger partial charge in [-0.1, -0.05) is 48.0 Å². The van der Waals surface area contributed by atoms with Crippen LogP contribution in [0.4, 0.5) is 0 Å². The fourth-order valence-electron chi connectivity index (χ4n) is 4.14. The van der Waals surface area contributed by atoms with E-state index in [0.717, 1.165) is 5.56 Å². The molecule has 178 valence electrons. The molecule has 0 aliphatic carbocycles. The first-order valence-electron chi connectivity index (χ1n) is 10.4. The molecule has 1 atom stereocenters. The summed E-state index contributed by atoms with van der Waals surface area (Å²) in [5.41, 5.74) is 0.783. The molecule has 6 nitrogen and oxygen atoms in total. The molecule has 0 fully saturated rings. The Balaban J connectivity index is 2.40. The van der Waals surface area contributed by atoms with E-state index in [-0.39, 0.29) is 33.7 Å². The fourth-order valence-corrected chi connectivity index (χ4v) is 7.14. The minimum Gasteiger partial charge on any atom is -0.495 e. The molecule has 0 aromatic heterocycles. The van der Waals surface area contributed by atoms with E-state index in [1.165, 1.54) is 33.5 Å². The van der Waals surface area contributed by atoms with Crippen LogP contribution < -0.4 is 19.5 Å². The van der Waals surface area contributed by atoms with Crippen LogP contribution in [0.25, 0.3) is 0 Å². The first-order valence-corrected chi connectivity index (χ1v) is 12.9. The topological polar surface area (TPSA) is 78.9 Å². The van der Waals surface area contributed by atoms with Gasteiger partial charge in [-0.3, -0.25) is 9.59 Å². The van der Waals surface area contributed by atoms with E-state index in [1.54, 1.807) is 38.1 Å². The highest BCUT2D eigenvalue weighted by Gasteiger charge is 2.46. The van der Waals surface area contributed by atoms with E-state index < -0.39 is 18.2 Å². The van der Waals surface area contributed by atoms with Crippen LogP contribution in [0.3, 0.4) is 0 Å². The average molecular weight is 545 g/mol. The van der Waals surface area contributed by atoms with E-state index in [4.69, 9.17) is 14.2 Å². The minimum absolute atomic E-state index is 0.0360. The van der Waals surface area contributed by atoms with E-state index in [1.807, 2.05) is 19.1 Å². The maximum Gasteiger partial charge on any atom is 0.249 e. The van der Waals surface area contributed by atoms with Crippen LogP contribution in [0, 0.1) is 20.8 Å². The molecule has 34 heavy (non-hydrogen) atoms. The Morgan fingerprint density at radius 3 is 1.79 bits per heavy atom. The molecule has 1 unspecified atom stereocenters. The number of halogens is 1. The largest absolute Gasteiger partial charge is 0.495 e. The first-order chi connectivity index (χ1) is 16.1. The van der Waals surface area contributed by atoms with Crippen LogP contribution in [-0.4, -0.2) is 32.4 Å². The SMILES string of the molecule is COc1cc(Br)c(OC)c(C(=O)P(=O)(C(=O)c2c(C)cc(C)cc2C)c2ccccc2)c1OC. The van der Waals surface area contributed by atoms with Crippen molar-refractivity contribution in [3.8, 4) is 17.2 Å². The molecule has 0 bridgehead atoms. The Hall–Kier alpha value is -2.89. The molecule has 0 radical (unpaired) electrons. The maximum atomic E-state index is 14.8. The summed E-state index contributed by atoms with van der Waals surface area (Å²) in [7, 11) is -0.241. The molecule has 0 N–H and O–H groups in total. The summed E-state index contributed by atoms with van der Waals surface area (Å²) in [5, 5.41) is 0.132. The zero-order valence-corrected chi connectivity index (χ0v) is 22.4. The molecule has 0 aliphatic rings. The molecule has 0 spiro atoms. The van der Waals surface area contributed by atoms with E-state index in [0.29, 0.717) is 15.6 Å². The number of hydrogen-bond donors (Lipinski definition) is 0. The second-order valence-corrected chi connectivity index (χ2v) is 11.2. The van der Waals surface area contributed by atoms with Crippen molar-refractivity contribution in [1.82, 2.24) is 0 Å². The number of benzene rings is 3. The van der Waals surface area contributed by atoms with Crippen molar-refractivity contribution < 1.29 is 28.4 Å². The summed E-state index contributed by atoms with van der Waals surface area (Å²) in [6, 6.07) is 13.3. The van der Waals surface area contributed by atoms with E-state index in [9.17, 15) is 14.2 Å². The predicted molar refractivity (Wildman–Crippen MR) is 137 cm³/mol. The lowest BCUT2D eigenvalue weighted by molar-refractivity contribution is 0.103. The predicted octanol–water partition coefficient (Wildman–Crippen LogP) is 6.07. The highest BCUT2D eigenvalue weighted by molar-refractivity contribution is 9.10. The molecule has 8 heteroatoms. The van der Waals surface area contributed by atoms with Crippen molar-refractivity contribution in [1.29, 1.82) is 0 Å². The fraction of sp³-hybridized carbons (Fsp3) is 0.231. The monoisotopic (exact) mass is 544 g/mol. The van der Waals surface area contributed by atoms with Crippen molar-refractivity contribution >= 4 is 39.4 Å². The van der Waals surface area contributed by atoms with Crippen LogP contribution >= 0.6 is 23.1 Å². The molecular weight excluding hydrogens is 519 g/mol. The second-order valence-electron chi connectivity index (χ2n) is 7.83. The summed E-state index contributed by atoms with van der Waals surface area (Å²) in [6.45, 7) is 5.46. The summed E-state index contributed by atoms with van der Waals surface area (Å²) in [6.07, 6.45) is 0. The third-order valence-corrected chi connectivity index (χ3v) is 8.78. The second kappa shape index (κ2) is 10.2. The van der Waals surface area contributed by atoms with Crippen molar-refractivity contribution in [2.24, 2.45) is 0 Å². The van der Waals surface area contributed by atoms with Crippen molar-refractivity contribution in [3.05, 3.63) is 80.8 Å². The lowest BCUT2D eigenvalue weighted by atomic mass is 10.0. The number of rotatable bonds is 8. The van der Waals surface area contributed by atoms with Crippen molar-refractivity contribution in [2.45, 2.75) is 20.8 Å². The third-order valence-electron chi connectivity index (χ3n) is 5.58. The zero-order valence-electron chi connectivity index (χ0n) is 19.9. The Morgan fingerprint density at radius 1 is 0.765 bits per heavy atom. The molecular formula is C26H26BrO6P. The van der Waals surface area contributed by atoms with Crippen LogP contribution in [0.1, 0.15) is 37.4 Å². The molecule has 3 rings (SSSR count). The molecule has 3 aromatic rings. The molecule has 3 aromatic carbocycles. The van der Waals surface area contributed by atoms with Crippen LogP contribution in [0.15, 0.2) is 53.0 Å². The first kappa shape index (κ1) is 25.7. The van der Waals surface area contributed by atoms with Crippen LogP contribution in [0.5, 0.6) is 17.2 Å². The molecule has 0 saturated heterocycles. The Morgan fingerprint density at radius 2 is 1.29 bits per heavy atom. The number of hydrogen-bond acceptors (Lipinski definition) is 6. The van der Waals surface area contributed by atoms with Crippen LogP contribution in [-0.2, 0) is 4.57 Å². The average Bonchev–Trinajstić information content (AvgIpc) is 2.81. The summed E-state index contributed by atoms with van der Waals surface area (Å²) in [5.74, 6) is 0.367. The van der Waals surface area contributed by atoms with Gasteiger partial charge in [0.1, 0.15) is 11.3 Å². The number of ether oxygens (including phenoxy) is 3. The summed E-state index contributed by atoms with van der Waals surface area (Å²) >= 11 is 3.38. The lowest BCUT2D eigenvalue weighted by Crippen LogP contribution is -2.22. The number of aryl methyl sites for hydroxylation is 3. The van der Waals surface area contributed by atoms with Gasteiger partial charge in [-0.15, -0.1) is 0 Å². The number of methoxy groups -OCH3 is 3. The van der Waals surface area contributed by atoms with Crippen molar-refractivity contribution in [3.63, 3.8) is 0 Å². The minimum atomic E-state index is -4.41. The molecule has 0 amide bonds.